The lowest BCUT2D eigenvalue weighted by Gasteiger charge is -2.26. The SMILES string of the molecule is O=C(Nc1n[nH]c2c1CCN(Cc1ccccc1)C2)c1cccc(F)c1. The Hall–Kier alpha value is -2.99. The van der Waals surface area contributed by atoms with Crippen LogP contribution in [0.3, 0.4) is 0 Å². The van der Waals surface area contributed by atoms with Crippen molar-refractivity contribution in [3.63, 3.8) is 0 Å². The number of amides is 1. The van der Waals surface area contributed by atoms with E-state index in [4.69, 9.17) is 0 Å². The summed E-state index contributed by atoms with van der Waals surface area (Å²) in [7, 11) is 0. The highest BCUT2D eigenvalue weighted by Gasteiger charge is 2.23. The third kappa shape index (κ3) is 3.50. The van der Waals surface area contributed by atoms with Gasteiger partial charge in [0.25, 0.3) is 5.91 Å². The minimum absolute atomic E-state index is 0.281. The van der Waals surface area contributed by atoms with E-state index in [0.29, 0.717) is 5.82 Å². The number of halogens is 1. The fourth-order valence-electron chi connectivity index (χ4n) is 3.26. The van der Waals surface area contributed by atoms with E-state index in [1.807, 2.05) is 18.2 Å². The monoisotopic (exact) mass is 350 g/mol. The number of nitrogens with one attached hydrogen (secondary N) is 2. The van der Waals surface area contributed by atoms with Crippen LogP contribution in [0.5, 0.6) is 0 Å². The number of fused-ring (bicyclic) bond motifs is 1. The molecule has 0 fully saturated rings. The van der Waals surface area contributed by atoms with Gasteiger partial charge in [0.1, 0.15) is 5.82 Å². The molecule has 2 N–H and O–H groups in total. The lowest BCUT2D eigenvalue weighted by Crippen LogP contribution is -2.30. The molecule has 0 saturated carbocycles. The summed E-state index contributed by atoms with van der Waals surface area (Å²) in [5, 5.41) is 10.1. The van der Waals surface area contributed by atoms with E-state index in [1.165, 1.54) is 23.8 Å². The van der Waals surface area contributed by atoms with Gasteiger partial charge < -0.3 is 5.32 Å². The van der Waals surface area contributed by atoms with Crippen LogP contribution in [0.25, 0.3) is 0 Å². The van der Waals surface area contributed by atoms with Gasteiger partial charge in [0.2, 0.25) is 0 Å². The fourth-order valence-corrected chi connectivity index (χ4v) is 3.26. The van der Waals surface area contributed by atoms with Crippen molar-refractivity contribution in [1.82, 2.24) is 15.1 Å². The first-order valence-corrected chi connectivity index (χ1v) is 8.58. The Labute approximate surface area is 150 Å². The number of H-pyrrole nitrogens is 1. The van der Waals surface area contributed by atoms with Crippen LogP contribution in [0.4, 0.5) is 10.2 Å². The molecule has 26 heavy (non-hydrogen) atoms. The molecule has 1 amide bonds. The molecule has 0 bridgehead atoms. The Bertz CT molecular complexity index is 923. The number of rotatable bonds is 4. The van der Waals surface area contributed by atoms with Crippen LogP contribution in [0.2, 0.25) is 0 Å². The third-order valence-corrected chi connectivity index (χ3v) is 4.58. The van der Waals surface area contributed by atoms with Gasteiger partial charge in [-0.15, -0.1) is 0 Å². The zero-order valence-corrected chi connectivity index (χ0v) is 14.2. The topological polar surface area (TPSA) is 61.0 Å². The number of carbonyl (C=O) groups is 1. The Morgan fingerprint density at radius 3 is 2.85 bits per heavy atom. The van der Waals surface area contributed by atoms with Crippen LogP contribution in [-0.4, -0.2) is 27.5 Å². The van der Waals surface area contributed by atoms with Gasteiger partial charge in [-0.05, 0) is 30.2 Å². The van der Waals surface area contributed by atoms with Crippen LogP contribution in [-0.2, 0) is 19.5 Å². The quantitative estimate of drug-likeness (QED) is 0.758. The van der Waals surface area contributed by atoms with Crippen LogP contribution in [0, 0.1) is 5.82 Å². The smallest absolute Gasteiger partial charge is 0.256 e. The van der Waals surface area contributed by atoms with Gasteiger partial charge in [-0.25, -0.2) is 4.39 Å². The standard InChI is InChI=1S/C20H19FN4O/c21-16-8-4-7-15(11-16)20(26)22-19-17-9-10-25(13-18(17)23-24-19)12-14-5-2-1-3-6-14/h1-8,11H,9-10,12-13H2,(H2,22,23,24,26). The van der Waals surface area contributed by atoms with Gasteiger partial charge in [0.05, 0.1) is 5.69 Å². The van der Waals surface area contributed by atoms with Gasteiger partial charge >= 0.3 is 0 Å². The van der Waals surface area contributed by atoms with Crippen molar-refractivity contribution in [2.24, 2.45) is 0 Å². The Balaban J connectivity index is 1.45. The Kier molecular flexibility index (Phi) is 4.50. The van der Waals surface area contributed by atoms with E-state index < -0.39 is 5.82 Å². The van der Waals surface area contributed by atoms with Gasteiger partial charge in [0, 0.05) is 30.8 Å². The average Bonchev–Trinajstić information content (AvgIpc) is 3.04. The normalized spacial score (nSPS) is 14.0. The summed E-state index contributed by atoms with van der Waals surface area (Å²) in [5.74, 6) is -0.252. The van der Waals surface area contributed by atoms with Crippen LogP contribution in [0.1, 0.15) is 27.2 Å². The molecule has 0 radical (unpaired) electrons. The highest BCUT2D eigenvalue weighted by atomic mass is 19.1. The number of carbonyl (C=O) groups excluding carboxylic acids is 1. The molecule has 0 spiro atoms. The van der Waals surface area contributed by atoms with E-state index in [9.17, 15) is 9.18 Å². The molecule has 1 aromatic heterocycles. The molecule has 1 aliphatic rings. The van der Waals surface area contributed by atoms with Crippen LogP contribution < -0.4 is 5.32 Å². The van der Waals surface area contributed by atoms with E-state index in [2.05, 4.69) is 32.5 Å². The second kappa shape index (κ2) is 7.09. The van der Waals surface area contributed by atoms with Crippen molar-refractivity contribution in [2.45, 2.75) is 19.5 Å². The van der Waals surface area contributed by atoms with Gasteiger partial charge in [-0.3, -0.25) is 14.8 Å². The number of hydrogen-bond donors (Lipinski definition) is 2. The number of benzene rings is 2. The van der Waals surface area contributed by atoms with E-state index in [-0.39, 0.29) is 11.5 Å². The molecule has 5 nitrogen and oxygen atoms in total. The van der Waals surface area contributed by atoms with Crippen molar-refractivity contribution in [3.05, 3.63) is 82.8 Å². The molecule has 4 rings (SSSR count). The molecule has 0 saturated heterocycles. The fraction of sp³-hybridized carbons (Fsp3) is 0.200. The van der Waals surface area contributed by atoms with Crippen molar-refractivity contribution >= 4 is 11.7 Å². The highest BCUT2D eigenvalue weighted by Crippen LogP contribution is 2.25. The summed E-state index contributed by atoms with van der Waals surface area (Å²) in [6.07, 6.45) is 0.803. The average molecular weight is 350 g/mol. The number of anilines is 1. The molecule has 1 aliphatic heterocycles. The summed E-state index contributed by atoms with van der Waals surface area (Å²) in [6.45, 7) is 2.53. The van der Waals surface area contributed by atoms with E-state index in [1.54, 1.807) is 6.07 Å². The predicted molar refractivity (Wildman–Crippen MR) is 97.2 cm³/mol. The number of aromatic nitrogens is 2. The maximum absolute atomic E-state index is 13.3. The molecule has 2 heterocycles. The molecule has 0 atom stereocenters. The Morgan fingerprint density at radius 2 is 2.04 bits per heavy atom. The summed E-state index contributed by atoms with van der Waals surface area (Å²) in [6, 6.07) is 16.0. The zero-order valence-electron chi connectivity index (χ0n) is 14.2. The van der Waals surface area contributed by atoms with Crippen LogP contribution in [0.15, 0.2) is 54.6 Å². The van der Waals surface area contributed by atoms with Crippen molar-refractivity contribution in [1.29, 1.82) is 0 Å². The molecule has 132 valence electrons. The lowest BCUT2D eigenvalue weighted by atomic mass is 10.1. The number of hydrogen-bond acceptors (Lipinski definition) is 3. The molecular weight excluding hydrogens is 331 g/mol. The van der Waals surface area contributed by atoms with Crippen molar-refractivity contribution < 1.29 is 9.18 Å². The molecular formula is C20H19FN4O. The molecule has 0 aliphatic carbocycles. The van der Waals surface area contributed by atoms with Gasteiger partial charge in [-0.2, -0.15) is 5.10 Å². The summed E-state index contributed by atoms with van der Waals surface area (Å²) >= 11 is 0. The zero-order chi connectivity index (χ0) is 17.9. The minimum atomic E-state index is -0.432. The second-order valence-electron chi connectivity index (χ2n) is 6.44. The number of aromatic amines is 1. The largest absolute Gasteiger partial charge is 0.305 e. The van der Waals surface area contributed by atoms with Crippen molar-refractivity contribution in [2.75, 3.05) is 11.9 Å². The lowest BCUT2D eigenvalue weighted by molar-refractivity contribution is 0.102. The first kappa shape index (κ1) is 16.5. The molecule has 2 aromatic carbocycles. The highest BCUT2D eigenvalue weighted by molar-refractivity contribution is 6.04. The summed E-state index contributed by atoms with van der Waals surface area (Å²) in [5.41, 5.74) is 3.60. The Morgan fingerprint density at radius 1 is 1.19 bits per heavy atom. The maximum Gasteiger partial charge on any atom is 0.256 e. The predicted octanol–water partition coefficient (Wildman–Crippen LogP) is 3.36. The molecule has 0 unspecified atom stereocenters. The first-order chi connectivity index (χ1) is 12.7. The van der Waals surface area contributed by atoms with Gasteiger partial charge in [-0.1, -0.05) is 36.4 Å². The first-order valence-electron chi connectivity index (χ1n) is 8.58. The minimum Gasteiger partial charge on any atom is -0.305 e. The van der Waals surface area contributed by atoms with Crippen molar-refractivity contribution in [3.8, 4) is 0 Å². The summed E-state index contributed by atoms with van der Waals surface area (Å²) < 4.78 is 13.3. The summed E-state index contributed by atoms with van der Waals surface area (Å²) in [4.78, 5) is 14.7. The van der Waals surface area contributed by atoms with Crippen LogP contribution >= 0.6 is 0 Å². The number of nitrogens with zero attached hydrogens (tertiary/aromatic N) is 2. The maximum atomic E-state index is 13.3. The van der Waals surface area contributed by atoms with Gasteiger partial charge in [0.15, 0.2) is 5.82 Å². The molecule has 6 heteroatoms. The third-order valence-electron chi connectivity index (χ3n) is 4.58. The van der Waals surface area contributed by atoms with E-state index in [0.717, 1.165) is 37.3 Å². The van der Waals surface area contributed by atoms with E-state index >= 15 is 0 Å². The second-order valence-corrected chi connectivity index (χ2v) is 6.44. The molecule has 3 aromatic rings.